The van der Waals surface area contributed by atoms with Crippen LogP contribution in [0.3, 0.4) is 0 Å². The van der Waals surface area contributed by atoms with Crippen LogP contribution < -0.4 is 9.60 Å². The van der Waals surface area contributed by atoms with Gasteiger partial charge in [-0.1, -0.05) is 24.7 Å². The van der Waals surface area contributed by atoms with E-state index in [1.54, 1.807) is 0 Å². The second kappa shape index (κ2) is 6.31. The zero-order valence-corrected chi connectivity index (χ0v) is 12.2. The number of carbonyl (C=O) groups is 1. The quantitative estimate of drug-likeness (QED) is 0.684. The number of sulfonamides is 1. The Hall–Kier alpha value is -1.19. The highest BCUT2D eigenvalue weighted by Crippen LogP contribution is 2.17. The van der Waals surface area contributed by atoms with Crippen molar-refractivity contribution < 1.29 is 18.3 Å². The first-order chi connectivity index (χ1) is 8.76. The van der Waals surface area contributed by atoms with Crippen molar-refractivity contribution in [2.75, 3.05) is 0 Å². The lowest BCUT2D eigenvalue weighted by molar-refractivity contribution is -0.137. The summed E-state index contributed by atoms with van der Waals surface area (Å²) in [6, 6.07) is -0.677. The fourth-order valence-electron chi connectivity index (χ4n) is 1.68. The van der Waals surface area contributed by atoms with Crippen molar-refractivity contribution in [3.63, 3.8) is 0 Å². The predicted octanol–water partition coefficient (Wildman–Crippen LogP) is 0.667. The van der Waals surface area contributed by atoms with Gasteiger partial charge < -0.3 is 10.1 Å². The lowest BCUT2D eigenvalue weighted by Crippen LogP contribution is -2.36. The summed E-state index contributed by atoms with van der Waals surface area (Å²) in [7, 11) is -3.86. The van der Waals surface area contributed by atoms with Crippen LogP contribution in [-0.4, -0.2) is 30.5 Å². The van der Waals surface area contributed by atoms with Crippen LogP contribution in [0, 0.1) is 6.92 Å². The van der Waals surface area contributed by atoms with E-state index in [4.69, 9.17) is 5.11 Å². The number of hydrogen-bond acceptors (Lipinski definition) is 5. The molecule has 0 bridgehead atoms. The lowest BCUT2D eigenvalue weighted by atomic mass is 10.1. The van der Waals surface area contributed by atoms with Gasteiger partial charge in [0.15, 0.2) is 4.21 Å². The van der Waals surface area contributed by atoms with Crippen LogP contribution in [0.5, 0.6) is 0 Å². The summed E-state index contributed by atoms with van der Waals surface area (Å²) in [5.74, 6) is -1.07. The van der Waals surface area contributed by atoms with Gasteiger partial charge in [-0.2, -0.15) is 0 Å². The topological polar surface area (TPSA) is 116 Å². The van der Waals surface area contributed by atoms with Gasteiger partial charge in [-0.25, -0.2) is 13.1 Å². The molecule has 0 saturated heterocycles. The molecule has 0 aliphatic heterocycles. The molecule has 3 N–H and O–H groups in total. The molecule has 0 amide bonds. The van der Waals surface area contributed by atoms with Crippen molar-refractivity contribution >= 4 is 27.3 Å². The number of rotatable bonds is 7. The molecule has 0 fully saturated rings. The Kier molecular flexibility index (Phi) is 5.27. The number of aromatic amines is 1. The second-order valence-corrected chi connectivity index (χ2v) is 7.02. The molecule has 108 valence electrons. The van der Waals surface area contributed by atoms with E-state index in [0.717, 1.165) is 0 Å². The zero-order chi connectivity index (χ0) is 14.6. The number of hydrogen-bond donors (Lipinski definition) is 3. The number of carboxylic acid groups (broad SMARTS) is 1. The highest BCUT2D eigenvalue weighted by Gasteiger charge is 2.25. The fraction of sp³-hybridized carbons (Fsp3) is 0.600. The van der Waals surface area contributed by atoms with E-state index in [2.05, 4.69) is 9.71 Å². The number of carboxylic acids is 1. The average molecular weight is 308 g/mol. The molecule has 1 unspecified atom stereocenters. The van der Waals surface area contributed by atoms with Crippen LogP contribution in [0.4, 0.5) is 0 Å². The molecule has 0 spiro atoms. The monoisotopic (exact) mass is 308 g/mol. The molecular formula is C10H16N2O5S2. The summed E-state index contributed by atoms with van der Waals surface area (Å²) in [6.07, 6.45) is 0.790. The number of thiazole rings is 1. The SMILES string of the molecule is CCCC(CC(=O)O)NS(=O)(=O)c1sc(=O)[nH]c1C. The molecule has 19 heavy (non-hydrogen) atoms. The van der Waals surface area contributed by atoms with E-state index in [9.17, 15) is 18.0 Å². The number of aliphatic carboxylic acids is 1. The van der Waals surface area contributed by atoms with Crippen LogP contribution in [0.25, 0.3) is 0 Å². The van der Waals surface area contributed by atoms with Crippen molar-refractivity contribution in [2.45, 2.75) is 43.4 Å². The van der Waals surface area contributed by atoms with Gasteiger partial charge in [0.2, 0.25) is 0 Å². The maximum atomic E-state index is 12.1. The van der Waals surface area contributed by atoms with Gasteiger partial charge in [0.05, 0.1) is 6.42 Å². The van der Waals surface area contributed by atoms with Crippen molar-refractivity contribution in [3.05, 3.63) is 15.4 Å². The standard InChI is InChI=1S/C10H16N2O5S2/c1-3-4-7(5-8(13)14)12-19(16,17)9-6(2)11-10(15)18-9/h7,12H,3-5H2,1-2H3,(H,11,15)(H,13,14). The summed E-state index contributed by atoms with van der Waals surface area (Å²) in [5, 5.41) is 8.75. The van der Waals surface area contributed by atoms with E-state index < -0.39 is 26.9 Å². The zero-order valence-electron chi connectivity index (χ0n) is 10.6. The van der Waals surface area contributed by atoms with Gasteiger partial charge in [0.25, 0.3) is 10.0 Å². The minimum Gasteiger partial charge on any atom is -0.481 e. The summed E-state index contributed by atoms with van der Waals surface area (Å²) < 4.78 is 26.4. The highest BCUT2D eigenvalue weighted by molar-refractivity contribution is 7.91. The van der Waals surface area contributed by atoms with Crippen LogP contribution in [0.1, 0.15) is 31.9 Å². The molecule has 0 saturated carbocycles. The largest absolute Gasteiger partial charge is 0.481 e. The molecule has 0 aliphatic carbocycles. The number of aromatic nitrogens is 1. The van der Waals surface area contributed by atoms with Gasteiger partial charge in [-0.3, -0.25) is 9.59 Å². The Morgan fingerprint density at radius 2 is 2.16 bits per heavy atom. The smallest absolute Gasteiger partial charge is 0.305 e. The maximum Gasteiger partial charge on any atom is 0.305 e. The Bertz CT molecular complexity index is 602. The molecule has 0 aromatic carbocycles. The molecule has 1 aromatic rings. The van der Waals surface area contributed by atoms with E-state index in [1.807, 2.05) is 6.92 Å². The minimum absolute atomic E-state index is 0.0935. The summed E-state index contributed by atoms with van der Waals surface area (Å²) >= 11 is 0.591. The number of H-pyrrole nitrogens is 1. The van der Waals surface area contributed by atoms with Crippen molar-refractivity contribution in [2.24, 2.45) is 0 Å². The summed E-state index contributed by atoms with van der Waals surface area (Å²) in [4.78, 5) is 23.7. The molecule has 1 atom stereocenters. The maximum absolute atomic E-state index is 12.1. The van der Waals surface area contributed by atoms with Crippen LogP contribution in [-0.2, 0) is 14.8 Å². The third-order valence-corrected chi connectivity index (χ3v) is 5.53. The summed E-state index contributed by atoms with van der Waals surface area (Å²) in [5.41, 5.74) is 0.257. The fourth-order valence-corrected chi connectivity index (χ4v) is 4.27. The molecule has 0 aliphatic rings. The Balaban J connectivity index is 2.96. The van der Waals surface area contributed by atoms with E-state index in [-0.39, 0.29) is 16.3 Å². The van der Waals surface area contributed by atoms with Crippen molar-refractivity contribution in [1.82, 2.24) is 9.71 Å². The third kappa shape index (κ3) is 4.44. The van der Waals surface area contributed by atoms with Gasteiger partial charge >= 0.3 is 10.8 Å². The average Bonchev–Trinajstić information content (AvgIpc) is 2.57. The van der Waals surface area contributed by atoms with Crippen molar-refractivity contribution in [1.29, 1.82) is 0 Å². The van der Waals surface area contributed by atoms with Crippen LogP contribution in [0.15, 0.2) is 9.00 Å². The molecule has 1 rings (SSSR count). The van der Waals surface area contributed by atoms with Crippen molar-refractivity contribution in [3.8, 4) is 0 Å². The molecule has 0 radical (unpaired) electrons. The van der Waals surface area contributed by atoms with E-state index >= 15 is 0 Å². The molecule has 1 heterocycles. The van der Waals surface area contributed by atoms with Gasteiger partial charge in [-0.05, 0) is 13.3 Å². The molecule has 7 nitrogen and oxygen atoms in total. The first-order valence-corrected chi connectivity index (χ1v) is 8.00. The van der Waals surface area contributed by atoms with Crippen LogP contribution >= 0.6 is 11.3 Å². The van der Waals surface area contributed by atoms with Gasteiger partial charge in [0.1, 0.15) is 0 Å². The summed E-state index contributed by atoms with van der Waals surface area (Å²) in [6.45, 7) is 3.32. The Morgan fingerprint density at radius 1 is 1.53 bits per heavy atom. The van der Waals surface area contributed by atoms with E-state index in [1.165, 1.54) is 6.92 Å². The highest BCUT2D eigenvalue weighted by atomic mass is 32.2. The van der Waals surface area contributed by atoms with Crippen LogP contribution in [0.2, 0.25) is 0 Å². The first kappa shape index (κ1) is 15.9. The number of aryl methyl sites for hydroxylation is 1. The lowest BCUT2D eigenvalue weighted by Gasteiger charge is -2.15. The normalized spacial score (nSPS) is 13.4. The Labute approximate surface area is 114 Å². The third-order valence-electron chi connectivity index (χ3n) is 2.41. The number of nitrogens with one attached hydrogen (secondary N) is 2. The van der Waals surface area contributed by atoms with Gasteiger partial charge in [-0.15, -0.1) is 0 Å². The molecule has 1 aromatic heterocycles. The minimum atomic E-state index is -3.86. The predicted molar refractivity (Wildman–Crippen MR) is 70.9 cm³/mol. The molecule has 9 heteroatoms. The molecular weight excluding hydrogens is 292 g/mol. The van der Waals surface area contributed by atoms with Gasteiger partial charge in [0, 0.05) is 11.7 Å². The van der Waals surface area contributed by atoms with E-state index in [0.29, 0.717) is 24.2 Å². The second-order valence-electron chi connectivity index (χ2n) is 4.13. The Morgan fingerprint density at radius 3 is 2.58 bits per heavy atom. The first-order valence-electron chi connectivity index (χ1n) is 5.70.